The normalized spacial score (nSPS) is 32.4. The van der Waals surface area contributed by atoms with Crippen LogP contribution in [-0.2, 0) is 0 Å². The summed E-state index contributed by atoms with van der Waals surface area (Å²) < 4.78 is 0. The van der Waals surface area contributed by atoms with E-state index >= 15 is 0 Å². The first kappa shape index (κ1) is 13.4. The van der Waals surface area contributed by atoms with E-state index in [-0.39, 0.29) is 0 Å². The number of allylic oxidation sites excluding steroid dienone is 7. The van der Waals surface area contributed by atoms with Crippen molar-refractivity contribution in [2.45, 2.75) is 52.4 Å². The predicted molar refractivity (Wildman–Crippen MR) is 80.5 cm³/mol. The van der Waals surface area contributed by atoms with E-state index in [0.717, 1.165) is 0 Å². The van der Waals surface area contributed by atoms with Crippen molar-refractivity contribution in [2.75, 3.05) is 0 Å². The molecule has 2 rings (SSSR count). The zero-order valence-electron chi connectivity index (χ0n) is 11.9. The van der Waals surface area contributed by atoms with Gasteiger partial charge >= 0.3 is 0 Å². The smallest absolute Gasteiger partial charge is 0.0175 e. The van der Waals surface area contributed by atoms with Crippen molar-refractivity contribution < 1.29 is 0 Å². The molecule has 2 aliphatic carbocycles. The molecule has 0 spiro atoms. The summed E-state index contributed by atoms with van der Waals surface area (Å²) in [6.07, 6.45) is 19.4. The Labute approximate surface area is 112 Å². The van der Waals surface area contributed by atoms with E-state index in [1.165, 1.54) is 44.1 Å². The SMILES string of the molecule is C=CC1=CC2CC1(C=CCCCCC)CC2=CC. The second-order valence-electron chi connectivity index (χ2n) is 5.73. The molecule has 0 amide bonds. The van der Waals surface area contributed by atoms with Gasteiger partial charge in [-0.1, -0.05) is 62.3 Å². The topological polar surface area (TPSA) is 0 Å². The average Bonchev–Trinajstić information content (AvgIpc) is 2.92. The molecule has 2 aliphatic rings. The van der Waals surface area contributed by atoms with Crippen LogP contribution in [0.2, 0.25) is 0 Å². The largest absolute Gasteiger partial charge is 0.0988 e. The van der Waals surface area contributed by atoms with Crippen molar-refractivity contribution in [3.05, 3.63) is 48.1 Å². The lowest BCUT2D eigenvalue weighted by molar-refractivity contribution is 0.507. The van der Waals surface area contributed by atoms with Gasteiger partial charge in [0.1, 0.15) is 0 Å². The Hall–Kier alpha value is -1.04. The lowest BCUT2D eigenvalue weighted by Crippen LogP contribution is -2.13. The molecule has 1 fully saturated rings. The highest BCUT2D eigenvalue weighted by Crippen LogP contribution is 2.57. The van der Waals surface area contributed by atoms with E-state index in [2.05, 4.69) is 50.8 Å². The second-order valence-corrected chi connectivity index (χ2v) is 5.73. The van der Waals surface area contributed by atoms with Crippen LogP contribution in [0.15, 0.2) is 48.1 Å². The molecular weight excluding hydrogens is 216 g/mol. The monoisotopic (exact) mass is 242 g/mol. The average molecular weight is 242 g/mol. The highest BCUT2D eigenvalue weighted by atomic mass is 14.5. The Balaban J connectivity index is 2.05. The summed E-state index contributed by atoms with van der Waals surface area (Å²) in [5.41, 5.74) is 3.38. The molecule has 0 heteroatoms. The molecule has 0 radical (unpaired) electrons. The number of unbranched alkanes of at least 4 members (excludes halogenated alkanes) is 3. The van der Waals surface area contributed by atoms with Gasteiger partial charge in [-0.3, -0.25) is 0 Å². The van der Waals surface area contributed by atoms with Crippen LogP contribution in [0.4, 0.5) is 0 Å². The van der Waals surface area contributed by atoms with Gasteiger partial charge in [-0.25, -0.2) is 0 Å². The summed E-state index contributed by atoms with van der Waals surface area (Å²) in [5.74, 6) is 0.684. The van der Waals surface area contributed by atoms with Gasteiger partial charge in [-0.15, -0.1) is 0 Å². The summed E-state index contributed by atoms with van der Waals surface area (Å²) in [4.78, 5) is 0. The molecular formula is C18H26. The first-order chi connectivity index (χ1) is 8.75. The van der Waals surface area contributed by atoms with E-state index in [0.29, 0.717) is 11.3 Å². The lowest BCUT2D eigenvalue weighted by atomic mass is 9.79. The molecule has 1 saturated carbocycles. The zero-order valence-corrected chi connectivity index (χ0v) is 11.9. The molecule has 0 aromatic rings. The van der Waals surface area contributed by atoms with Gasteiger partial charge in [0.2, 0.25) is 0 Å². The molecule has 0 aromatic carbocycles. The Morgan fingerprint density at radius 1 is 1.44 bits per heavy atom. The molecule has 0 heterocycles. The standard InChI is InChI=1S/C18H26/c1-4-7-8-9-10-11-18-13-15(5-2)16(14-18)12-17(18)6-3/h5-6,10-12,16H,3-4,7-9,13-14H2,1-2H3. The quantitative estimate of drug-likeness (QED) is 0.420. The fourth-order valence-electron chi connectivity index (χ4n) is 3.49. The van der Waals surface area contributed by atoms with Crippen LogP contribution in [0.1, 0.15) is 52.4 Å². The minimum absolute atomic E-state index is 0.292. The van der Waals surface area contributed by atoms with Crippen molar-refractivity contribution >= 4 is 0 Å². The van der Waals surface area contributed by atoms with Gasteiger partial charge in [0, 0.05) is 5.41 Å². The number of hydrogen-bond donors (Lipinski definition) is 0. The molecule has 2 atom stereocenters. The molecule has 0 aliphatic heterocycles. The van der Waals surface area contributed by atoms with Gasteiger partial charge in [0.25, 0.3) is 0 Å². The van der Waals surface area contributed by atoms with Gasteiger partial charge in [0.05, 0.1) is 0 Å². The Kier molecular flexibility index (Phi) is 4.27. The summed E-state index contributed by atoms with van der Waals surface area (Å²) in [7, 11) is 0. The van der Waals surface area contributed by atoms with E-state index in [1.54, 1.807) is 5.57 Å². The maximum Gasteiger partial charge on any atom is 0.0175 e. The first-order valence-electron chi connectivity index (χ1n) is 7.43. The Bertz CT molecular complexity index is 394. The van der Waals surface area contributed by atoms with Crippen molar-refractivity contribution in [1.82, 2.24) is 0 Å². The fraction of sp³-hybridized carbons (Fsp3) is 0.556. The number of fused-ring (bicyclic) bond motifs is 2. The highest BCUT2D eigenvalue weighted by molar-refractivity contribution is 5.46. The minimum Gasteiger partial charge on any atom is -0.0988 e. The number of rotatable bonds is 6. The predicted octanol–water partition coefficient (Wildman–Crippen LogP) is 5.59. The maximum atomic E-state index is 3.99. The van der Waals surface area contributed by atoms with Crippen LogP contribution in [0.25, 0.3) is 0 Å². The van der Waals surface area contributed by atoms with E-state index in [4.69, 9.17) is 0 Å². The van der Waals surface area contributed by atoms with E-state index in [9.17, 15) is 0 Å². The molecule has 98 valence electrons. The fourth-order valence-corrected chi connectivity index (χ4v) is 3.49. The first-order valence-corrected chi connectivity index (χ1v) is 7.43. The van der Waals surface area contributed by atoms with Gasteiger partial charge < -0.3 is 0 Å². The third kappa shape index (κ3) is 2.39. The van der Waals surface area contributed by atoms with Gasteiger partial charge in [-0.05, 0) is 44.1 Å². The third-order valence-corrected chi connectivity index (χ3v) is 4.54. The summed E-state index contributed by atoms with van der Waals surface area (Å²) >= 11 is 0. The van der Waals surface area contributed by atoms with Gasteiger partial charge in [0.15, 0.2) is 0 Å². The highest BCUT2D eigenvalue weighted by Gasteiger charge is 2.45. The van der Waals surface area contributed by atoms with Gasteiger partial charge in [-0.2, -0.15) is 0 Å². The van der Waals surface area contributed by atoms with Crippen molar-refractivity contribution in [3.63, 3.8) is 0 Å². The van der Waals surface area contributed by atoms with Crippen LogP contribution in [-0.4, -0.2) is 0 Å². The Morgan fingerprint density at radius 2 is 2.28 bits per heavy atom. The molecule has 0 aromatic heterocycles. The molecule has 0 nitrogen and oxygen atoms in total. The molecule has 18 heavy (non-hydrogen) atoms. The van der Waals surface area contributed by atoms with Crippen LogP contribution in [0, 0.1) is 11.3 Å². The molecule has 2 unspecified atom stereocenters. The van der Waals surface area contributed by atoms with Crippen molar-refractivity contribution in [2.24, 2.45) is 11.3 Å². The summed E-state index contributed by atoms with van der Waals surface area (Å²) in [6, 6.07) is 0. The molecule has 0 saturated heterocycles. The van der Waals surface area contributed by atoms with Crippen LogP contribution >= 0.6 is 0 Å². The maximum absolute atomic E-state index is 3.99. The van der Waals surface area contributed by atoms with Crippen LogP contribution in [0.5, 0.6) is 0 Å². The second kappa shape index (κ2) is 5.73. The minimum atomic E-state index is 0.292. The van der Waals surface area contributed by atoms with E-state index in [1.807, 2.05) is 0 Å². The summed E-state index contributed by atoms with van der Waals surface area (Å²) in [6.45, 7) is 8.43. The zero-order chi connectivity index (χ0) is 13.0. The third-order valence-electron chi connectivity index (χ3n) is 4.54. The van der Waals surface area contributed by atoms with Crippen molar-refractivity contribution in [3.8, 4) is 0 Å². The number of hydrogen-bond acceptors (Lipinski definition) is 0. The summed E-state index contributed by atoms with van der Waals surface area (Å²) in [5, 5.41) is 0. The lowest BCUT2D eigenvalue weighted by Gasteiger charge is -2.25. The Morgan fingerprint density at radius 3 is 2.94 bits per heavy atom. The van der Waals surface area contributed by atoms with Crippen LogP contribution < -0.4 is 0 Å². The molecule has 2 bridgehead atoms. The van der Waals surface area contributed by atoms with Crippen LogP contribution in [0.3, 0.4) is 0 Å². The molecule has 0 N–H and O–H groups in total. The van der Waals surface area contributed by atoms with E-state index < -0.39 is 0 Å². The van der Waals surface area contributed by atoms with Crippen molar-refractivity contribution in [1.29, 1.82) is 0 Å².